The smallest absolute Gasteiger partial charge is 0.0114 e. The topological polar surface area (TPSA) is 0 Å². The van der Waals surface area contributed by atoms with Gasteiger partial charge < -0.3 is 0 Å². The minimum atomic E-state index is 1.02. The Bertz CT molecular complexity index is 583. The lowest BCUT2D eigenvalue weighted by Gasteiger charge is -2.04. The predicted molar refractivity (Wildman–Crippen MR) is 110 cm³/mol. The zero-order chi connectivity index (χ0) is 17.8. The average molecular weight is 327 g/mol. The van der Waals surface area contributed by atoms with E-state index in [4.69, 9.17) is 0 Å². The van der Waals surface area contributed by atoms with Gasteiger partial charge in [0.25, 0.3) is 0 Å². The minimum absolute atomic E-state index is 1.02. The minimum Gasteiger partial charge on any atom is -0.134 e. The van der Waals surface area contributed by atoms with Crippen LogP contribution in [0.25, 0.3) is 0 Å². The van der Waals surface area contributed by atoms with Crippen molar-refractivity contribution in [3.05, 3.63) is 95.0 Å². The maximum atomic E-state index is 3.90. The molecule has 0 unspecified atom stereocenters. The van der Waals surface area contributed by atoms with Crippen LogP contribution in [0.15, 0.2) is 83.9 Å². The van der Waals surface area contributed by atoms with Crippen LogP contribution in [-0.4, -0.2) is 6.26 Å². The summed E-state index contributed by atoms with van der Waals surface area (Å²) >= 11 is 1.72. The number of rotatable bonds is 6. The number of aryl methyl sites for hydroxylation is 2. The quantitative estimate of drug-likeness (QED) is 0.504. The first kappa shape index (κ1) is 21.3. The van der Waals surface area contributed by atoms with Gasteiger partial charge in [0.15, 0.2) is 0 Å². The molecule has 0 bridgehead atoms. The highest BCUT2D eigenvalue weighted by Gasteiger charge is 1.97. The molecule has 124 valence electrons. The molecule has 0 aliphatic heterocycles. The first-order chi connectivity index (χ1) is 10.9. The molecular formula is C22H30S. The highest BCUT2D eigenvalue weighted by atomic mass is 32.2. The molecule has 1 rings (SSSR count). The van der Waals surface area contributed by atoms with Crippen LogP contribution >= 0.6 is 11.8 Å². The fourth-order valence-electron chi connectivity index (χ4n) is 1.77. The van der Waals surface area contributed by atoms with Gasteiger partial charge in [-0.2, -0.15) is 0 Å². The zero-order valence-electron chi connectivity index (χ0n) is 15.3. The van der Waals surface area contributed by atoms with E-state index in [2.05, 4.69) is 77.1 Å². The molecule has 0 N–H and O–H groups in total. The van der Waals surface area contributed by atoms with Crippen LogP contribution < -0.4 is 0 Å². The van der Waals surface area contributed by atoms with Crippen LogP contribution in [0.4, 0.5) is 0 Å². The molecule has 0 aliphatic rings. The molecule has 0 fully saturated rings. The molecule has 0 heterocycles. The van der Waals surface area contributed by atoms with Crippen LogP contribution in [-0.2, 0) is 6.42 Å². The number of allylic oxidation sites excluding steroid dienone is 7. The number of hydrogen-bond donors (Lipinski definition) is 0. The Morgan fingerprint density at radius 1 is 1.09 bits per heavy atom. The van der Waals surface area contributed by atoms with Crippen LogP contribution in [0.2, 0.25) is 0 Å². The first-order valence-electron chi connectivity index (χ1n) is 7.82. The van der Waals surface area contributed by atoms with E-state index in [0.717, 1.165) is 23.1 Å². The van der Waals surface area contributed by atoms with Gasteiger partial charge in [-0.15, -0.1) is 11.8 Å². The van der Waals surface area contributed by atoms with Gasteiger partial charge in [-0.3, -0.25) is 0 Å². The molecule has 0 amide bonds. The van der Waals surface area contributed by atoms with E-state index in [1.807, 2.05) is 19.1 Å². The monoisotopic (exact) mass is 326 g/mol. The highest BCUT2D eigenvalue weighted by Crippen LogP contribution is 2.21. The molecule has 1 heteroatoms. The third-order valence-electron chi connectivity index (χ3n) is 3.49. The van der Waals surface area contributed by atoms with Crippen LogP contribution in [0, 0.1) is 6.92 Å². The van der Waals surface area contributed by atoms with Crippen molar-refractivity contribution in [3.63, 3.8) is 0 Å². The second kappa shape index (κ2) is 11.8. The summed E-state index contributed by atoms with van der Waals surface area (Å²) in [5, 5.41) is 0. The summed E-state index contributed by atoms with van der Waals surface area (Å²) in [5.74, 6) is 0. The van der Waals surface area contributed by atoms with E-state index in [1.165, 1.54) is 16.0 Å². The summed E-state index contributed by atoms with van der Waals surface area (Å²) in [6, 6.07) is 8.66. The second-order valence-corrected chi connectivity index (χ2v) is 6.36. The van der Waals surface area contributed by atoms with Gasteiger partial charge in [0.2, 0.25) is 0 Å². The van der Waals surface area contributed by atoms with E-state index in [-0.39, 0.29) is 0 Å². The largest absolute Gasteiger partial charge is 0.134 e. The van der Waals surface area contributed by atoms with Crippen molar-refractivity contribution in [1.82, 2.24) is 0 Å². The molecule has 1 aromatic rings. The van der Waals surface area contributed by atoms with Crippen molar-refractivity contribution in [2.45, 2.75) is 34.1 Å². The molecule has 0 saturated heterocycles. The van der Waals surface area contributed by atoms with Crippen molar-refractivity contribution in [1.29, 1.82) is 0 Å². The Labute approximate surface area is 147 Å². The van der Waals surface area contributed by atoms with Crippen LogP contribution in [0.3, 0.4) is 0 Å². The standard InChI is InChI=1S/C13H18S.C9H12/c1-7-12(10(3)4)9-13(8-2)11(5)14-6;1-3-9-6-4-8(2)5-7-9/h7-9H,1-3H2,4-6H3;4-7H,3H2,1-2H3/b12-9+,13-11+;. The third kappa shape index (κ3) is 8.47. The number of thioether (sulfide) groups is 1. The summed E-state index contributed by atoms with van der Waals surface area (Å²) in [4.78, 5) is 1.25. The Morgan fingerprint density at radius 2 is 1.65 bits per heavy atom. The summed E-state index contributed by atoms with van der Waals surface area (Å²) in [7, 11) is 0. The SMILES string of the molecule is C=C/C(=C\C(C=C)=C(/C)SC)C(=C)C.CCc1ccc(C)cc1. The van der Waals surface area contributed by atoms with E-state index in [1.54, 1.807) is 11.8 Å². The van der Waals surface area contributed by atoms with E-state index >= 15 is 0 Å². The predicted octanol–water partition coefficient (Wildman–Crippen LogP) is 7.06. The van der Waals surface area contributed by atoms with Crippen molar-refractivity contribution in [2.75, 3.05) is 6.26 Å². The van der Waals surface area contributed by atoms with Gasteiger partial charge >= 0.3 is 0 Å². The number of benzene rings is 1. The molecule has 0 spiro atoms. The Morgan fingerprint density at radius 3 is 2.00 bits per heavy atom. The van der Waals surface area contributed by atoms with Crippen molar-refractivity contribution in [3.8, 4) is 0 Å². The van der Waals surface area contributed by atoms with Gasteiger partial charge in [0.05, 0.1) is 0 Å². The lowest BCUT2D eigenvalue weighted by molar-refractivity contribution is 1.14. The fraction of sp³-hybridized carbons (Fsp3) is 0.273. The molecule has 0 saturated carbocycles. The first-order valence-corrected chi connectivity index (χ1v) is 9.04. The highest BCUT2D eigenvalue weighted by molar-refractivity contribution is 8.02. The molecule has 0 nitrogen and oxygen atoms in total. The summed E-state index contributed by atoms with van der Waals surface area (Å²) in [5.41, 5.74) is 5.98. The second-order valence-electron chi connectivity index (χ2n) is 5.34. The lowest BCUT2D eigenvalue weighted by Crippen LogP contribution is -1.83. The Balaban J connectivity index is 0.000000459. The van der Waals surface area contributed by atoms with Gasteiger partial charge in [0.1, 0.15) is 0 Å². The van der Waals surface area contributed by atoms with Gasteiger partial charge in [-0.05, 0) is 61.1 Å². The van der Waals surface area contributed by atoms with Gasteiger partial charge in [-0.1, -0.05) is 74.2 Å². The van der Waals surface area contributed by atoms with Crippen molar-refractivity contribution >= 4 is 11.8 Å². The Hall–Kier alpha value is -1.73. The van der Waals surface area contributed by atoms with Gasteiger partial charge in [0, 0.05) is 0 Å². The third-order valence-corrected chi connectivity index (χ3v) is 4.33. The molecule has 0 aliphatic carbocycles. The average Bonchev–Trinajstić information content (AvgIpc) is 2.56. The van der Waals surface area contributed by atoms with Crippen LogP contribution in [0.1, 0.15) is 31.9 Å². The Kier molecular flexibility index (Phi) is 10.9. The van der Waals surface area contributed by atoms with Gasteiger partial charge in [-0.25, -0.2) is 0 Å². The molecule has 0 radical (unpaired) electrons. The zero-order valence-corrected chi connectivity index (χ0v) is 16.1. The molecule has 23 heavy (non-hydrogen) atoms. The van der Waals surface area contributed by atoms with E-state index in [0.29, 0.717) is 0 Å². The normalized spacial score (nSPS) is 11.8. The van der Waals surface area contributed by atoms with E-state index < -0.39 is 0 Å². The molecule has 1 aromatic carbocycles. The lowest BCUT2D eigenvalue weighted by atomic mass is 10.1. The molecular weight excluding hydrogens is 296 g/mol. The summed E-state index contributed by atoms with van der Waals surface area (Å²) in [6.45, 7) is 19.8. The fourth-order valence-corrected chi connectivity index (χ4v) is 2.15. The molecule has 0 aromatic heterocycles. The maximum Gasteiger partial charge on any atom is -0.0114 e. The van der Waals surface area contributed by atoms with Crippen molar-refractivity contribution < 1.29 is 0 Å². The van der Waals surface area contributed by atoms with Crippen LogP contribution in [0.5, 0.6) is 0 Å². The number of hydrogen-bond acceptors (Lipinski definition) is 1. The van der Waals surface area contributed by atoms with Crippen molar-refractivity contribution in [2.24, 2.45) is 0 Å². The molecule has 0 atom stereocenters. The van der Waals surface area contributed by atoms with E-state index in [9.17, 15) is 0 Å². The maximum absolute atomic E-state index is 3.90. The summed E-state index contributed by atoms with van der Waals surface area (Å²) < 4.78 is 0. The summed E-state index contributed by atoms with van der Waals surface area (Å²) in [6.07, 6.45) is 8.94.